The molecule has 0 saturated carbocycles. The predicted molar refractivity (Wildman–Crippen MR) is 355 cm³/mol. The van der Waals surface area contributed by atoms with Crippen molar-refractivity contribution in [3.63, 3.8) is 0 Å². The number of hydrogen-bond donors (Lipinski definition) is 9. The molecule has 9 N–H and O–H groups in total. The third-order valence-corrected chi connectivity index (χ3v) is 16.2. The maximum absolute atomic E-state index is 13.3. The molecule has 2 aliphatic rings. The van der Waals surface area contributed by atoms with E-state index >= 15 is 0 Å². The van der Waals surface area contributed by atoms with E-state index in [-0.39, 0.29) is 18.9 Å². The molecule has 0 aromatic carbocycles. The van der Waals surface area contributed by atoms with Crippen molar-refractivity contribution in [2.75, 3.05) is 19.8 Å². The smallest absolute Gasteiger partial charge is 0.220 e. The molecule has 87 heavy (non-hydrogen) atoms. The second kappa shape index (κ2) is 56.6. The molecular formula is C73H125NO13. The Hall–Kier alpha value is -3.35. The molecule has 0 spiro atoms. The van der Waals surface area contributed by atoms with Crippen LogP contribution in [0.5, 0.6) is 0 Å². The van der Waals surface area contributed by atoms with E-state index in [1.54, 1.807) is 6.08 Å². The van der Waals surface area contributed by atoms with Crippen molar-refractivity contribution in [1.82, 2.24) is 5.32 Å². The molecule has 0 aliphatic carbocycles. The van der Waals surface area contributed by atoms with Gasteiger partial charge in [0.1, 0.15) is 48.8 Å². The number of aliphatic hydroxyl groups excluding tert-OH is 8. The molecule has 2 heterocycles. The Balaban J connectivity index is 1.71. The Morgan fingerprint density at radius 3 is 1.26 bits per heavy atom. The van der Waals surface area contributed by atoms with E-state index in [0.29, 0.717) is 12.8 Å². The number of amides is 1. The second-order valence-corrected chi connectivity index (χ2v) is 23.9. The van der Waals surface area contributed by atoms with E-state index in [1.165, 1.54) is 128 Å². The zero-order valence-electron chi connectivity index (χ0n) is 54.2. The standard InChI is InChI=1S/C73H125NO13/c1-3-5-7-9-11-13-15-17-19-21-23-25-27-28-29-30-31-32-33-34-35-37-39-41-43-45-47-49-51-53-55-57-65(78)74-61(60-84-72-70(83)68(81)71(64(59-76)86-72)87-73-69(82)67(80)66(79)63(58-75)85-73)62(77)56-54-52-50-48-46-44-42-40-38-36-26-24-22-20-18-16-14-12-10-8-6-4-2/h5,7,11,13,17,19,23,25,28-29,31-32,38,40,46,48,54,56,61-64,66-73,75-77,79-83H,3-4,6,8-10,12,14-16,18,20-22,24,26-27,30,33-37,39,41-45,47,49-53,55,57-60H2,1-2H3,(H,74,78)/b7-5-,13-11-,19-17-,25-23-,29-28-,32-31-,40-38+,48-46+,56-54+. The van der Waals surface area contributed by atoms with Crippen LogP contribution in [0.15, 0.2) is 109 Å². The summed E-state index contributed by atoms with van der Waals surface area (Å²) in [7, 11) is 0. The fraction of sp³-hybridized carbons (Fsp3) is 0.740. The van der Waals surface area contributed by atoms with Gasteiger partial charge in [-0.15, -0.1) is 0 Å². The summed E-state index contributed by atoms with van der Waals surface area (Å²) in [6.45, 7) is 2.67. The van der Waals surface area contributed by atoms with Gasteiger partial charge in [0.05, 0.1) is 32.0 Å². The van der Waals surface area contributed by atoms with Crippen LogP contribution in [0.4, 0.5) is 0 Å². The minimum absolute atomic E-state index is 0.258. The summed E-state index contributed by atoms with van der Waals surface area (Å²) in [5.74, 6) is -0.258. The summed E-state index contributed by atoms with van der Waals surface area (Å²) in [5.41, 5.74) is 0. The van der Waals surface area contributed by atoms with Gasteiger partial charge < -0.3 is 65.1 Å². The van der Waals surface area contributed by atoms with Crippen LogP contribution in [0.1, 0.15) is 251 Å². The van der Waals surface area contributed by atoms with E-state index in [2.05, 4.69) is 116 Å². The van der Waals surface area contributed by atoms with E-state index in [0.717, 1.165) is 89.9 Å². The topological polar surface area (TPSA) is 228 Å². The fourth-order valence-electron chi connectivity index (χ4n) is 10.7. The van der Waals surface area contributed by atoms with Crippen LogP contribution >= 0.6 is 0 Å². The number of nitrogens with one attached hydrogen (secondary N) is 1. The third kappa shape index (κ3) is 40.9. The van der Waals surface area contributed by atoms with Crippen LogP contribution in [0, 0.1) is 0 Å². The Bertz CT molecular complexity index is 1880. The molecule has 0 radical (unpaired) electrons. The molecule has 0 bridgehead atoms. The van der Waals surface area contributed by atoms with Crippen molar-refractivity contribution in [3.05, 3.63) is 109 Å². The minimum atomic E-state index is -1.80. The number of aliphatic hydroxyl groups is 8. The van der Waals surface area contributed by atoms with Crippen molar-refractivity contribution in [1.29, 1.82) is 0 Å². The average Bonchev–Trinajstić information content (AvgIpc) is 2.33. The van der Waals surface area contributed by atoms with Gasteiger partial charge in [-0.25, -0.2) is 0 Å². The largest absolute Gasteiger partial charge is 0.394 e. The van der Waals surface area contributed by atoms with E-state index in [4.69, 9.17) is 18.9 Å². The van der Waals surface area contributed by atoms with Gasteiger partial charge in [0.2, 0.25) is 5.91 Å². The lowest BCUT2D eigenvalue weighted by Crippen LogP contribution is -2.65. The lowest BCUT2D eigenvalue weighted by Gasteiger charge is -2.46. The number of hydrogen-bond acceptors (Lipinski definition) is 13. The van der Waals surface area contributed by atoms with E-state index in [1.807, 2.05) is 6.08 Å². The summed E-state index contributed by atoms with van der Waals surface area (Å²) in [6.07, 6.45) is 64.2. The summed E-state index contributed by atoms with van der Waals surface area (Å²) in [6, 6.07) is -0.947. The van der Waals surface area contributed by atoms with Crippen LogP contribution < -0.4 is 5.32 Å². The summed E-state index contributed by atoms with van der Waals surface area (Å²) in [5, 5.41) is 87.4. The first-order chi connectivity index (χ1) is 42.6. The first-order valence-corrected chi connectivity index (χ1v) is 34.6. The van der Waals surface area contributed by atoms with Crippen molar-refractivity contribution >= 4 is 5.91 Å². The number of carbonyl (C=O) groups excluding carboxylic acids is 1. The molecule has 14 heteroatoms. The second-order valence-electron chi connectivity index (χ2n) is 23.9. The molecule has 12 atom stereocenters. The molecule has 1 amide bonds. The highest BCUT2D eigenvalue weighted by Gasteiger charge is 2.51. The van der Waals surface area contributed by atoms with Crippen LogP contribution in [-0.4, -0.2) is 140 Å². The first kappa shape index (κ1) is 79.7. The predicted octanol–water partition coefficient (Wildman–Crippen LogP) is 14.0. The van der Waals surface area contributed by atoms with E-state index in [9.17, 15) is 45.6 Å². The van der Waals surface area contributed by atoms with Crippen LogP contribution in [-0.2, 0) is 23.7 Å². The Kier molecular flexibility index (Phi) is 51.9. The molecule has 500 valence electrons. The SMILES string of the molecule is CC/C=C\C/C=C\C/C=C\C/C=C\C/C=C\C/C=C\CCCCCCCCCCCCCCC(=O)NC(COC1OC(CO)C(OC2OC(CO)C(O)C(O)C2O)C(O)C1O)C(O)/C=C/CC/C=C/CC/C=C/CCCCCCCCCCCCCC. The number of ether oxygens (including phenoxy) is 4. The van der Waals surface area contributed by atoms with Gasteiger partial charge >= 0.3 is 0 Å². The molecular weight excluding hydrogens is 1100 g/mol. The first-order valence-electron chi connectivity index (χ1n) is 34.6. The van der Waals surface area contributed by atoms with E-state index < -0.39 is 86.8 Å². The molecule has 2 aliphatic heterocycles. The van der Waals surface area contributed by atoms with Crippen molar-refractivity contribution in [2.45, 2.75) is 325 Å². The zero-order chi connectivity index (χ0) is 63.1. The summed E-state index contributed by atoms with van der Waals surface area (Å²) in [4.78, 5) is 13.3. The molecule has 14 nitrogen and oxygen atoms in total. The van der Waals surface area contributed by atoms with Crippen LogP contribution in [0.25, 0.3) is 0 Å². The Morgan fingerprint density at radius 2 is 0.805 bits per heavy atom. The third-order valence-electron chi connectivity index (χ3n) is 16.2. The Labute approximate surface area is 527 Å². The lowest BCUT2D eigenvalue weighted by atomic mass is 9.97. The molecule has 2 saturated heterocycles. The van der Waals surface area contributed by atoms with Crippen molar-refractivity contribution in [3.8, 4) is 0 Å². The summed E-state index contributed by atoms with van der Waals surface area (Å²) >= 11 is 0. The molecule has 2 rings (SSSR count). The quantitative estimate of drug-likeness (QED) is 0.0204. The number of carbonyl (C=O) groups is 1. The highest BCUT2D eigenvalue weighted by molar-refractivity contribution is 5.76. The van der Waals surface area contributed by atoms with Gasteiger partial charge in [-0.3, -0.25) is 4.79 Å². The molecule has 0 aromatic heterocycles. The van der Waals surface area contributed by atoms with Gasteiger partial charge in [0.15, 0.2) is 12.6 Å². The van der Waals surface area contributed by atoms with Crippen molar-refractivity contribution in [2.24, 2.45) is 0 Å². The zero-order valence-corrected chi connectivity index (χ0v) is 54.2. The fourth-order valence-corrected chi connectivity index (χ4v) is 10.7. The lowest BCUT2D eigenvalue weighted by molar-refractivity contribution is -0.359. The number of allylic oxidation sites excluding steroid dienone is 17. The van der Waals surface area contributed by atoms with Crippen molar-refractivity contribution < 1.29 is 64.6 Å². The maximum atomic E-state index is 13.3. The Morgan fingerprint density at radius 1 is 0.425 bits per heavy atom. The van der Waals surface area contributed by atoms with Gasteiger partial charge in [0, 0.05) is 6.42 Å². The van der Waals surface area contributed by atoms with Crippen LogP contribution in [0.3, 0.4) is 0 Å². The van der Waals surface area contributed by atoms with Gasteiger partial charge in [-0.2, -0.15) is 0 Å². The maximum Gasteiger partial charge on any atom is 0.220 e. The van der Waals surface area contributed by atoms with Crippen LogP contribution in [0.2, 0.25) is 0 Å². The highest BCUT2D eigenvalue weighted by Crippen LogP contribution is 2.30. The molecule has 12 unspecified atom stereocenters. The van der Waals surface area contributed by atoms with Gasteiger partial charge in [0.25, 0.3) is 0 Å². The summed E-state index contributed by atoms with van der Waals surface area (Å²) < 4.78 is 22.8. The molecule has 2 fully saturated rings. The number of rotatable bonds is 55. The minimum Gasteiger partial charge on any atom is -0.394 e. The molecule has 0 aromatic rings. The highest BCUT2D eigenvalue weighted by atomic mass is 16.7. The van der Waals surface area contributed by atoms with Gasteiger partial charge in [-0.1, -0.05) is 258 Å². The average molecular weight is 1220 g/mol. The monoisotopic (exact) mass is 1220 g/mol. The number of unbranched alkanes of at least 4 members (excludes halogenated alkanes) is 26. The normalized spacial score (nSPS) is 24.0. The van der Waals surface area contributed by atoms with Gasteiger partial charge in [-0.05, 0) is 96.3 Å².